The molecule has 132 valence electrons. The van der Waals surface area contributed by atoms with E-state index in [0.717, 1.165) is 29.1 Å². The maximum atomic E-state index is 5.24. The highest BCUT2D eigenvalue weighted by molar-refractivity contribution is 7.80. The van der Waals surface area contributed by atoms with Gasteiger partial charge in [0.05, 0.1) is 11.4 Å². The van der Waals surface area contributed by atoms with Gasteiger partial charge in [-0.2, -0.15) is 10.2 Å². The first kappa shape index (κ1) is 17.8. The first-order chi connectivity index (χ1) is 12.7. The van der Waals surface area contributed by atoms with Gasteiger partial charge in [0.25, 0.3) is 0 Å². The summed E-state index contributed by atoms with van der Waals surface area (Å²) in [5.41, 5.74) is 6.80. The third-order valence-electron chi connectivity index (χ3n) is 3.79. The van der Waals surface area contributed by atoms with Gasteiger partial charge in [-0.3, -0.25) is 5.43 Å². The van der Waals surface area contributed by atoms with E-state index in [0.29, 0.717) is 10.9 Å². The Morgan fingerprint density at radius 1 is 1.12 bits per heavy atom. The molecule has 0 unspecified atom stereocenters. The number of thiocarbonyl (C=S) groups is 1. The zero-order chi connectivity index (χ0) is 18.4. The summed E-state index contributed by atoms with van der Waals surface area (Å²) in [7, 11) is 0. The Hall–Kier alpha value is -2.99. The van der Waals surface area contributed by atoms with Crippen molar-refractivity contribution in [2.75, 3.05) is 11.6 Å². The summed E-state index contributed by atoms with van der Waals surface area (Å²) in [4.78, 5) is 0. The van der Waals surface area contributed by atoms with Crippen LogP contribution in [0.2, 0.25) is 0 Å². The van der Waals surface area contributed by atoms with E-state index in [-0.39, 0.29) is 0 Å². The molecule has 0 saturated heterocycles. The molecule has 5 nitrogen and oxygen atoms in total. The van der Waals surface area contributed by atoms with E-state index in [1.807, 2.05) is 67.4 Å². The molecular formula is C20H21N5S. The Morgan fingerprint density at radius 2 is 1.77 bits per heavy atom. The summed E-state index contributed by atoms with van der Waals surface area (Å²) in [5, 5.41) is 14.6. The summed E-state index contributed by atoms with van der Waals surface area (Å²) in [5.74, 6) is 0.706. The Balaban J connectivity index is 1.99. The van der Waals surface area contributed by atoms with Gasteiger partial charge < -0.3 is 5.32 Å². The highest BCUT2D eigenvalue weighted by Crippen LogP contribution is 2.25. The lowest BCUT2D eigenvalue weighted by molar-refractivity contribution is 0.897. The molecule has 1 heterocycles. The zero-order valence-corrected chi connectivity index (χ0v) is 15.6. The van der Waals surface area contributed by atoms with Crippen LogP contribution >= 0.6 is 12.2 Å². The second kappa shape index (κ2) is 8.40. The van der Waals surface area contributed by atoms with Crippen molar-refractivity contribution in [3.63, 3.8) is 0 Å². The summed E-state index contributed by atoms with van der Waals surface area (Å²) < 4.78 is 0. The number of amidine groups is 1. The largest absolute Gasteiger partial charge is 0.362 e. The molecule has 2 aromatic rings. The molecule has 1 aliphatic heterocycles. The Morgan fingerprint density at radius 3 is 2.42 bits per heavy atom. The van der Waals surface area contributed by atoms with Gasteiger partial charge in [0.1, 0.15) is 0 Å². The quantitative estimate of drug-likeness (QED) is 0.641. The number of nitrogens with one attached hydrogen (secondary N) is 2. The van der Waals surface area contributed by atoms with Gasteiger partial charge in [-0.1, -0.05) is 48.5 Å². The number of hydrazone groups is 2. The van der Waals surface area contributed by atoms with E-state index in [4.69, 9.17) is 12.2 Å². The number of anilines is 1. The molecule has 6 heteroatoms. The fraction of sp³-hybridized carbons (Fsp3) is 0.150. The number of para-hydroxylation sites is 1. The van der Waals surface area contributed by atoms with Crippen molar-refractivity contribution in [2.24, 2.45) is 10.2 Å². The molecule has 0 aromatic heterocycles. The number of hydrogen-bond donors (Lipinski definition) is 2. The highest BCUT2D eigenvalue weighted by Gasteiger charge is 2.27. The monoisotopic (exact) mass is 363 g/mol. The van der Waals surface area contributed by atoms with Crippen LogP contribution in [0.25, 0.3) is 6.08 Å². The number of benzene rings is 2. The molecule has 0 aliphatic carbocycles. The van der Waals surface area contributed by atoms with E-state index < -0.39 is 0 Å². The van der Waals surface area contributed by atoms with Crippen molar-refractivity contribution in [3.05, 3.63) is 71.8 Å². The Kier molecular flexibility index (Phi) is 5.76. The van der Waals surface area contributed by atoms with Gasteiger partial charge in [0, 0.05) is 12.1 Å². The molecule has 0 atom stereocenters. The molecule has 0 saturated carbocycles. The highest BCUT2D eigenvalue weighted by atomic mass is 32.1. The fourth-order valence-electron chi connectivity index (χ4n) is 2.57. The molecule has 0 radical (unpaired) electrons. The van der Waals surface area contributed by atoms with E-state index in [1.165, 1.54) is 0 Å². The molecule has 0 fully saturated rings. The second-order valence-corrected chi connectivity index (χ2v) is 6.12. The predicted molar refractivity (Wildman–Crippen MR) is 113 cm³/mol. The minimum absolute atomic E-state index is 0.483. The standard InChI is InChI=1S/C20H21N5S/c1-3-21-20(26)23-22-19-18(14-16-10-6-4-7-11-16)15(2)24-25(19)17-12-8-5-9-13-17/h4-14H,3H2,1-2H3,(H2,21,23,26). The van der Waals surface area contributed by atoms with Gasteiger partial charge in [0.2, 0.25) is 0 Å². The minimum atomic E-state index is 0.483. The SMILES string of the molecule is CCNC(=S)NN=C1C(=Cc2ccccc2)C(C)=NN1c1ccccc1. The topological polar surface area (TPSA) is 52.0 Å². The van der Waals surface area contributed by atoms with Crippen molar-refractivity contribution >= 4 is 40.6 Å². The van der Waals surface area contributed by atoms with Gasteiger partial charge in [0.15, 0.2) is 10.9 Å². The summed E-state index contributed by atoms with van der Waals surface area (Å²) in [6.45, 7) is 4.71. The molecule has 0 amide bonds. The third kappa shape index (κ3) is 4.15. The van der Waals surface area contributed by atoms with E-state index in [9.17, 15) is 0 Å². The van der Waals surface area contributed by atoms with Crippen LogP contribution in [0.4, 0.5) is 5.69 Å². The summed E-state index contributed by atoms with van der Waals surface area (Å²) >= 11 is 5.24. The first-order valence-electron chi connectivity index (χ1n) is 8.48. The van der Waals surface area contributed by atoms with Crippen LogP contribution < -0.4 is 15.8 Å². The van der Waals surface area contributed by atoms with Crippen LogP contribution in [0.3, 0.4) is 0 Å². The maximum absolute atomic E-state index is 5.24. The Labute approximate surface area is 159 Å². The second-order valence-electron chi connectivity index (χ2n) is 5.71. The van der Waals surface area contributed by atoms with Crippen LogP contribution in [-0.4, -0.2) is 23.2 Å². The lowest BCUT2D eigenvalue weighted by atomic mass is 10.1. The van der Waals surface area contributed by atoms with Crippen LogP contribution in [0.15, 0.2) is 76.4 Å². The van der Waals surface area contributed by atoms with E-state index in [2.05, 4.69) is 39.2 Å². The molecule has 2 aromatic carbocycles. The summed E-state index contributed by atoms with van der Waals surface area (Å²) in [6, 6.07) is 20.1. The van der Waals surface area contributed by atoms with Gasteiger partial charge >= 0.3 is 0 Å². The predicted octanol–water partition coefficient (Wildman–Crippen LogP) is 3.76. The third-order valence-corrected chi connectivity index (χ3v) is 4.03. The van der Waals surface area contributed by atoms with Gasteiger partial charge in [-0.25, -0.2) is 5.01 Å². The number of nitrogens with zero attached hydrogens (tertiary/aromatic N) is 3. The molecule has 0 spiro atoms. The smallest absolute Gasteiger partial charge is 0.187 e. The molecule has 0 bridgehead atoms. The van der Waals surface area contributed by atoms with Gasteiger partial charge in [-0.05, 0) is 49.8 Å². The fourth-order valence-corrected chi connectivity index (χ4v) is 2.76. The van der Waals surface area contributed by atoms with Crippen LogP contribution in [0, 0.1) is 0 Å². The van der Waals surface area contributed by atoms with Crippen molar-refractivity contribution in [3.8, 4) is 0 Å². The minimum Gasteiger partial charge on any atom is -0.362 e. The molecule has 1 aliphatic rings. The van der Waals surface area contributed by atoms with Crippen LogP contribution in [0.5, 0.6) is 0 Å². The average molecular weight is 363 g/mol. The van der Waals surface area contributed by atoms with Crippen LogP contribution in [-0.2, 0) is 0 Å². The molecule has 2 N–H and O–H groups in total. The van der Waals surface area contributed by atoms with Crippen molar-refractivity contribution in [1.82, 2.24) is 10.7 Å². The van der Waals surface area contributed by atoms with Gasteiger partial charge in [-0.15, -0.1) is 0 Å². The normalized spacial score (nSPS) is 16.7. The molecule has 3 rings (SSSR count). The molecular weight excluding hydrogens is 342 g/mol. The maximum Gasteiger partial charge on any atom is 0.187 e. The van der Waals surface area contributed by atoms with Crippen LogP contribution in [0.1, 0.15) is 19.4 Å². The van der Waals surface area contributed by atoms with Crippen molar-refractivity contribution in [2.45, 2.75) is 13.8 Å². The molecule has 26 heavy (non-hydrogen) atoms. The van der Waals surface area contributed by atoms with Crippen molar-refractivity contribution in [1.29, 1.82) is 0 Å². The Bertz CT molecular complexity index is 856. The zero-order valence-electron chi connectivity index (χ0n) is 14.8. The summed E-state index contributed by atoms with van der Waals surface area (Å²) in [6.07, 6.45) is 2.08. The number of hydrogen-bond acceptors (Lipinski definition) is 3. The van der Waals surface area contributed by atoms with E-state index in [1.54, 1.807) is 0 Å². The first-order valence-corrected chi connectivity index (χ1v) is 8.89. The number of rotatable bonds is 4. The van der Waals surface area contributed by atoms with Crippen molar-refractivity contribution < 1.29 is 0 Å². The average Bonchev–Trinajstić information content (AvgIpc) is 2.97. The lowest BCUT2D eigenvalue weighted by Gasteiger charge is -2.16. The van der Waals surface area contributed by atoms with E-state index >= 15 is 0 Å². The lowest BCUT2D eigenvalue weighted by Crippen LogP contribution is -2.34.